The second-order valence-corrected chi connectivity index (χ2v) is 10.1. The van der Waals surface area contributed by atoms with Crippen LogP contribution in [0.3, 0.4) is 0 Å². The molecular formula is C26H25ClF3N7O4. The van der Waals surface area contributed by atoms with E-state index in [1.54, 1.807) is 0 Å². The normalized spacial score (nSPS) is 16.2. The molecule has 1 fully saturated rings. The number of benzene rings is 1. The lowest BCUT2D eigenvalue weighted by Gasteiger charge is -2.35. The smallest absolute Gasteiger partial charge is 0.278 e. The van der Waals surface area contributed by atoms with Gasteiger partial charge in [-0.1, -0.05) is 11.6 Å². The standard InChI is InChI=1S/C26H25ClF3N7O4/c1-13(23(39)34-20(11-38)14-3-16(28)6-18(4-14)41-2)36-12-32-37-10-15(5-21(37)24(36)40)22-19(27)9-31-25(35-22)33-17-7-26(29,30)8-17/h3-6,9-10,12-13,17,20,38H,7-8,11H2,1-2H3,(H,34,39)(H,31,33,35)/t13-,20+/m0/s1. The molecule has 5 rings (SSSR count). The molecule has 3 N–H and O–H groups in total. The predicted molar refractivity (Wildman–Crippen MR) is 143 cm³/mol. The minimum Gasteiger partial charge on any atom is -0.497 e. The van der Waals surface area contributed by atoms with Gasteiger partial charge < -0.3 is 20.5 Å². The lowest BCUT2D eigenvalue weighted by atomic mass is 9.88. The van der Waals surface area contributed by atoms with Crippen LogP contribution in [0, 0.1) is 5.82 Å². The highest BCUT2D eigenvalue weighted by Crippen LogP contribution is 2.39. The van der Waals surface area contributed by atoms with Gasteiger partial charge in [0.25, 0.3) is 11.5 Å². The fraction of sp³-hybridized carbons (Fsp3) is 0.346. The first-order valence-corrected chi connectivity index (χ1v) is 12.9. The molecule has 0 spiro atoms. The number of hydrogen-bond acceptors (Lipinski definition) is 8. The molecule has 0 aliphatic heterocycles. The number of nitrogens with one attached hydrogen (secondary N) is 2. The second-order valence-electron chi connectivity index (χ2n) is 9.74. The summed E-state index contributed by atoms with van der Waals surface area (Å²) in [5.74, 6) is -3.61. The Bertz CT molecular complexity index is 1670. The van der Waals surface area contributed by atoms with Crippen LogP contribution < -0.4 is 20.9 Å². The highest BCUT2D eigenvalue weighted by molar-refractivity contribution is 6.32. The second kappa shape index (κ2) is 11.0. The fourth-order valence-electron chi connectivity index (χ4n) is 4.55. The molecule has 2 atom stereocenters. The zero-order chi connectivity index (χ0) is 29.5. The maximum absolute atomic E-state index is 14.0. The van der Waals surface area contributed by atoms with Crippen LogP contribution in [0.15, 0.2) is 47.8 Å². The number of anilines is 1. The Morgan fingerprint density at radius 2 is 2.05 bits per heavy atom. The molecule has 1 aliphatic carbocycles. The topological polar surface area (TPSA) is 136 Å². The molecule has 3 aromatic heterocycles. The van der Waals surface area contributed by atoms with E-state index in [-0.39, 0.29) is 46.3 Å². The van der Waals surface area contributed by atoms with E-state index in [9.17, 15) is 27.9 Å². The molecule has 15 heteroatoms. The van der Waals surface area contributed by atoms with E-state index in [4.69, 9.17) is 16.3 Å². The number of nitrogens with zero attached hydrogens (tertiary/aromatic N) is 5. The highest BCUT2D eigenvalue weighted by atomic mass is 35.5. The van der Waals surface area contributed by atoms with Crippen molar-refractivity contribution in [3.63, 3.8) is 0 Å². The third-order valence-corrected chi connectivity index (χ3v) is 7.10. The number of alkyl halides is 2. The molecule has 1 amide bonds. The van der Waals surface area contributed by atoms with Crippen LogP contribution in [0.2, 0.25) is 5.02 Å². The summed E-state index contributed by atoms with van der Waals surface area (Å²) in [6.07, 6.45) is 3.38. The maximum Gasteiger partial charge on any atom is 0.278 e. The van der Waals surface area contributed by atoms with Crippen LogP contribution in [0.5, 0.6) is 5.75 Å². The summed E-state index contributed by atoms with van der Waals surface area (Å²) in [4.78, 5) is 34.8. The van der Waals surface area contributed by atoms with Gasteiger partial charge in [0.2, 0.25) is 11.9 Å². The van der Waals surface area contributed by atoms with Crippen molar-refractivity contribution in [1.82, 2.24) is 29.5 Å². The summed E-state index contributed by atoms with van der Waals surface area (Å²) in [6, 6.07) is 2.81. The van der Waals surface area contributed by atoms with Gasteiger partial charge in [0.1, 0.15) is 29.5 Å². The molecule has 3 heterocycles. The van der Waals surface area contributed by atoms with Gasteiger partial charge >= 0.3 is 0 Å². The highest BCUT2D eigenvalue weighted by Gasteiger charge is 2.45. The van der Waals surface area contributed by atoms with Crippen LogP contribution in [0.1, 0.15) is 37.4 Å². The van der Waals surface area contributed by atoms with Gasteiger partial charge in [0.15, 0.2) is 0 Å². The zero-order valence-corrected chi connectivity index (χ0v) is 22.6. The lowest BCUT2D eigenvalue weighted by molar-refractivity contribution is -0.125. The Morgan fingerprint density at radius 3 is 2.73 bits per heavy atom. The van der Waals surface area contributed by atoms with Crippen molar-refractivity contribution in [1.29, 1.82) is 0 Å². The number of ether oxygens (including phenoxy) is 1. The number of aliphatic hydroxyl groups is 1. The van der Waals surface area contributed by atoms with Crippen LogP contribution >= 0.6 is 11.6 Å². The Morgan fingerprint density at radius 1 is 1.29 bits per heavy atom. The zero-order valence-electron chi connectivity index (χ0n) is 21.8. The van der Waals surface area contributed by atoms with Crippen molar-refractivity contribution in [3.05, 3.63) is 69.7 Å². The van der Waals surface area contributed by atoms with Crippen molar-refractivity contribution in [2.24, 2.45) is 0 Å². The monoisotopic (exact) mass is 591 g/mol. The minimum absolute atomic E-state index is 0.110. The number of aromatic nitrogens is 5. The van der Waals surface area contributed by atoms with Gasteiger partial charge in [-0.25, -0.2) is 27.7 Å². The quantitative estimate of drug-likeness (QED) is 0.270. The van der Waals surface area contributed by atoms with Crippen molar-refractivity contribution in [2.75, 3.05) is 19.0 Å². The number of hydrogen-bond donors (Lipinski definition) is 3. The fourth-order valence-corrected chi connectivity index (χ4v) is 4.75. The van der Waals surface area contributed by atoms with E-state index in [1.165, 1.54) is 49.4 Å². The average Bonchev–Trinajstić information content (AvgIpc) is 3.36. The molecular weight excluding hydrogens is 567 g/mol. The Hall–Kier alpha value is -4.17. The first-order chi connectivity index (χ1) is 19.5. The van der Waals surface area contributed by atoms with E-state index in [1.807, 2.05) is 0 Å². The largest absolute Gasteiger partial charge is 0.497 e. The van der Waals surface area contributed by atoms with Crippen molar-refractivity contribution < 1.29 is 27.8 Å². The van der Waals surface area contributed by atoms with Gasteiger partial charge in [0.05, 0.1) is 36.7 Å². The van der Waals surface area contributed by atoms with E-state index in [0.29, 0.717) is 5.56 Å². The van der Waals surface area contributed by atoms with Gasteiger partial charge in [0, 0.05) is 36.7 Å². The van der Waals surface area contributed by atoms with Gasteiger partial charge in [-0.2, -0.15) is 5.10 Å². The molecule has 4 aromatic rings. The van der Waals surface area contributed by atoms with Crippen LogP contribution in [-0.4, -0.2) is 60.8 Å². The van der Waals surface area contributed by atoms with Crippen molar-refractivity contribution >= 4 is 29.0 Å². The summed E-state index contributed by atoms with van der Waals surface area (Å²) in [6.45, 7) is 0.946. The molecule has 0 saturated heterocycles. The third kappa shape index (κ3) is 5.84. The summed E-state index contributed by atoms with van der Waals surface area (Å²) in [5.41, 5.74) is 0.511. The Labute approximate surface area is 235 Å². The summed E-state index contributed by atoms with van der Waals surface area (Å²) < 4.78 is 47.8. The van der Waals surface area contributed by atoms with Crippen LogP contribution in [0.25, 0.3) is 16.8 Å². The molecule has 1 aromatic carbocycles. The van der Waals surface area contributed by atoms with Gasteiger partial charge in [-0.15, -0.1) is 0 Å². The molecule has 0 bridgehead atoms. The van der Waals surface area contributed by atoms with Crippen LogP contribution in [-0.2, 0) is 4.79 Å². The minimum atomic E-state index is -2.71. The number of carbonyl (C=O) groups excluding carboxylic acids is 1. The molecule has 1 saturated carbocycles. The summed E-state index contributed by atoms with van der Waals surface area (Å²) in [7, 11) is 1.36. The maximum atomic E-state index is 14.0. The first-order valence-electron chi connectivity index (χ1n) is 12.5. The number of fused-ring (bicyclic) bond motifs is 1. The number of methoxy groups -OCH3 is 1. The number of rotatable bonds is 9. The van der Waals surface area contributed by atoms with Crippen molar-refractivity contribution in [2.45, 2.75) is 43.8 Å². The number of halogens is 4. The average molecular weight is 592 g/mol. The SMILES string of the molecule is COc1cc(F)cc([C@@H](CO)NC(=O)[C@H](C)n2cnn3cc(-c4nc(NC5CC(F)(F)C5)ncc4Cl)cc3c2=O)c1. The molecule has 1 aliphatic rings. The molecule has 11 nitrogen and oxygen atoms in total. The van der Waals surface area contributed by atoms with Crippen molar-refractivity contribution in [3.8, 4) is 17.0 Å². The lowest BCUT2D eigenvalue weighted by Crippen LogP contribution is -2.44. The van der Waals surface area contributed by atoms with E-state index >= 15 is 0 Å². The third-order valence-electron chi connectivity index (χ3n) is 6.82. The Balaban J connectivity index is 1.38. The molecule has 0 unspecified atom stereocenters. The molecule has 216 valence electrons. The predicted octanol–water partition coefficient (Wildman–Crippen LogP) is 3.37. The summed E-state index contributed by atoms with van der Waals surface area (Å²) >= 11 is 6.30. The van der Waals surface area contributed by atoms with E-state index in [2.05, 4.69) is 25.7 Å². The number of amides is 1. The molecule has 41 heavy (non-hydrogen) atoms. The van der Waals surface area contributed by atoms with Crippen LogP contribution in [0.4, 0.5) is 19.1 Å². The number of carbonyl (C=O) groups is 1. The molecule has 0 radical (unpaired) electrons. The van der Waals surface area contributed by atoms with E-state index in [0.717, 1.165) is 16.7 Å². The first kappa shape index (κ1) is 28.4. The van der Waals surface area contributed by atoms with Gasteiger partial charge in [-0.3, -0.25) is 14.2 Å². The van der Waals surface area contributed by atoms with Gasteiger partial charge in [-0.05, 0) is 30.7 Å². The van der Waals surface area contributed by atoms with E-state index < -0.39 is 47.9 Å². The summed E-state index contributed by atoms with van der Waals surface area (Å²) in [5, 5.41) is 19.7. The Kier molecular flexibility index (Phi) is 7.62. The number of aliphatic hydroxyl groups excluding tert-OH is 1.